The zero-order valence-electron chi connectivity index (χ0n) is 15.0. The minimum absolute atomic E-state index is 0.149. The van der Waals surface area contributed by atoms with Gasteiger partial charge in [-0.25, -0.2) is 9.98 Å². The molecule has 7 rings (SSSR count). The van der Waals surface area contributed by atoms with Crippen LogP contribution in [-0.2, 0) is 22.3 Å². The second-order valence-corrected chi connectivity index (χ2v) is 8.46. The molecule has 0 N–H and O–H groups in total. The summed E-state index contributed by atoms with van der Waals surface area (Å²) in [5.74, 6) is 1.75. The molecule has 2 aromatic rings. The van der Waals surface area contributed by atoms with Crippen molar-refractivity contribution >= 4 is 11.8 Å². The molecule has 2 aromatic carbocycles. The minimum Gasteiger partial charge on any atom is -0.474 e. The Morgan fingerprint density at radius 2 is 1.19 bits per heavy atom. The van der Waals surface area contributed by atoms with Gasteiger partial charge in [0.2, 0.25) is 0 Å². The van der Waals surface area contributed by atoms with Crippen molar-refractivity contribution in [3.63, 3.8) is 0 Å². The van der Waals surface area contributed by atoms with Crippen LogP contribution in [0.15, 0.2) is 58.5 Å². The van der Waals surface area contributed by atoms with Crippen LogP contribution in [0.25, 0.3) is 0 Å². The molecule has 1 fully saturated rings. The van der Waals surface area contributed by atoms with Gasteiger partial charge in [0, 0.05) is 12.8 Å². The first-order valence-corrected chi connectivity index (χ1v) is 9.97. The summed E-state index contributed by atoms with van der Waals surface area (Å²) in [6.07, 6.45) is 4.28. The zero-order valence-corrected chi connectivity index (χ0v) is 15.0. The molecule has 1 saturated carbocycles. The average Bonchev–Trinajstić information content (AvgIpc) is 2.99. The van der Waals surface area contributed by atoms with E-state index in [1.165, 1.54) is 22.3 Å². The summed E-state index contributed by atoms with van der Waals surface area (Å²) >= 11 is 0. The van der Waals surface area contributed by atoms with E-state index in [-0.39, 0.29) is 29.7 Å². The lowest BCUT2D eigenvalue weighted by molar-refractivity contribution is 0.179. The second-order valence-electron chi connectivity index (χ2n) is 8.46. The van der Waals surface area contributed by atoms with E-state index in [1.807, 2.05) is 0 Å². The maximum Gasteiger partial charge on any atom is 0.200 e. The van der Waals surface area contributed by atoms with Gasteiger partial charge in [-0.15, -0.1) is 0 Å². The van der Waals surface area contributed by atoms with E-state index >= 15 is 0 Å². The van der Waals surface area contributed by atoms with Gasteiger partial charge in [0.15, 0.2) is 11.8 Å². The van der Waals surface area contributed by atoms with E-state index in [2.05, 4.69) is 48.5 Å². The molecular weight excluding hydrogens is 336 g/mol. The highest BCUT2D eigenvalue weighted by atomic mass is 16.5. The number of benzene rings is 2. The average molecular weight is 356 g/mol. The number of aliphatic imine (C=N–C) groups is 2. The van der Waals surface area contributed by atoms with Gasteiger partial charge in [-0.1, -0.05) is 48.5 Å². The third-order valence-electron chi connectivity index (χ3n) is 6.90. The van der Waals surface area contributed by atoms with Crippen molar-refractivity contribution in [1.29, 1.82) is 0 Å². The molecule has 2 aliphatic heterocycles. The lowest BCUT2D eigenvalue weighted by Crippen LogP contribution is -2.30. The third-order valence-corrected chi connectivity index (χ3v) is 6.90. The summed E-state index contributed by atoms with van der Waals surface area (Å²) in [5, 5.41) is 0. The molecule has 3 aliphatic carbocycles. The molecule has 134 valence electrons. The first-order valence-electron chi connectivity index (χ1n) is 9.97. The van der Waals surface area contributed by atoms with Crippen LogP contribution in [0.5, 0.6) is 0 Å². The highest BCUT2D eigenvalue weighted by Crippen LogP contribution is 2.56. The van der Waals surface area contributed by atoms with Crippen LogP contribution in [0.4, 0.5) is 0 Å². The molecule has 2 heterocycles. The Morgan fingerprint density at radius 1 is 0.704 bits per heavy atom. The Morgan fingerprint density at radius 3 is 1.67 bits per heavy atom. The summed E-state index contributed by atoms with van der Waals surface area (Å²) in [5.41, 5.74) is 5.21. The van der Waals surface area contributed by atoms with Crippen LogP contribution < -0.4 is 0 Å². The van der Waals surface area contributed by atoms with E-state index in [9.17, 15) is 0 Å². The summed E-state index contributed by atoms with van der Waals surface area (Å²) in [6.45, 7) is 0. The molecule has 0 saturated heterocycles. The molecule has 4 atom stereocenters. The van der Waals surface area contributed by atoms with Gasteiger partial charge in [-0.3, -0.25) is 0 Å². The minimum atomic E-state index is -0.196. The van der Waals surface area contributed by atoms with Crippen LogP contribution in [0.2, 0.25) is 0 Å². The van der Waals surface area contributed by atoms with Crippen LogP contribution in [-0.4, -0.2) is 24.0 Å². The molecule has 5 aliphatic rings. The molecule has 0 amide bonds. The van der Waals surface area contributed by atoms with Gasteiger partial charge in [-0.05, 0) is 35.1 Å². The maximum absolute atomic E-state index is 6.39. The quantitative estimate of drug-likeness (QED) is 0.818. The number of hydrogen-bond acceptors (Lipinski definition) is 4. The molecule has 4 nitrogen and oxygen atoms in total. The van der Waals surface area contributed by atoms with E-state index < -0.39 is 0 Å². The second kappa shape index (κ2) is 4.80. The van der Waals surface area contributed by atoms with Gasteiger partial charge in [0.25, 0.3) is 0 Å². The largest absolute Gasteiger partial charge is 0.474 e. The lowest BCUT2D eigenvalue weighted by atomic mass is 10.1. The lowest BCUT2D eigenvalue weighted by Gasteiger charge is -2.18. The van der Waals surface area contributed by atoms with E-state index in [4.69, 9.17) is 19.5 Å². The molecule has 0 aromatic heterocycles. The van der Waals surface area contributed by atoms with Crippen molar-refractivity contribution < 1.29 is 9.47 Å². The number of nitrogens with zero attached hydrogens (tertiary/aromatic N) is 2. The highest BCUT2D eigenvalue weighted by molar-refractivity contribution is 6.09. The Labute approximate surface area is 157 Å². The summed E-state index contributed by atoms with van der Waals surface area (Å²) in [4.78, 5) is 10.1. The predicted octanol–water partition coefficient (Wildman–Crippen LogP) is 3.96. The van der Waals surface area contributed by atoms with Gasteiger partial charge in [0.05, 0.1) is 0 Å². The van der Waals surface area contributed by atoms with Gasteiger partial charge in [-0.2, -0.15) is 0 Å². The van der Waals surface area contributed by atoms with Crippen LogP contribution in [0.1, 0.15) is 47.2 Å². The third kappa shape index (κ3) is 1.83. The molecule has 4 heteroatoms. The standard InChI is InChI=1S/C23H20N2O2/c1-3-7-15-13(5-1)11-17-19(15)24-21(26-17)23(9-10-23)22-25-20-16-8-4-2-6-14(16)12-18(20)27-22/h1-8,17-20H,9-12H2/t17-,18?,19+,20?/m1/s1. The van der Waals surface area contributed by atoms with Crippen molar-refractivity contribution in [2.75, 3.05) is 0 Å². The Bertz CT molecular complexity index is 957. The van der Waals surface area contributed by atoms with Gasteiger partial charge < -0.3 is 9.47 Å². The fourth-order valence-corrected chi connectivity index (χ4v) is 5.31. The van der Waals surface area contributed by atoms with Gasteiger partial charge in [0.1, 0.15) is 29.7 Å². The SMILES string of the molecule is c1ccc2c(c1)CC1OC(C3(C4=N[C@H]5c6ccccc6C[C@H]5O4)CC3)=NC21. The highest BCUT2D eigenvalue weighted by Gasteiger charge is 2.61. The van der Waals surface area contributed by atoms with Crippen molar-refractivity contribution in [3.8, 4) is 0 Å². The monoisotopic (exact) mass is 356 g/mol. The number of ether oxygens (including phenoxy) is 2. The van der Waals surface area contributed by atoms with Crippen LogP contribution in [0, 0.1) is 5.41 Å². The number of hydrogen-bond donors (Lipinski definition) is 0. The first kappa shape index (κ1) is 14.4. The molecule has 0 bridgehead atoms. The van der Waals surface area contributed by atoms with E-state index in [0.29, 0.717) is 0 Å². The normalized spacial score (nSPS) is 33.2. The maximum atomic E-state index is 6.39. The molecule has 2 unspecified atom stereocenters. The molecule has 27 heavy (non-hydrogen) atoms. The van der Waals surface area contributed by atoms with Crippen LogP contribution >= 0.6 is 0 Å². The Hall–Kier alpha value is -2.62. The van der Waals surface area contributed by atoms with Crippen molar-refractivity contribution in [1.82, 2.24) is 0 Å². The Kier molecular flexibility index (Phi) is 2.57. The molecular formula is C23H20N2O2. The molecule has 0 spiro atoms. The van der Waals surface area contributed by atoms with E-state index in [1.54, 1.807) is 0 Å². The molecule has 0 radical (unpaired) electrons. The summed E-state index contributed by atoms with van der Waals surface area (Å²) < 4.78 is 12.8. The topological polar surface area (TPSA) is 43.2 Å². The zero-order chi connectivity index (χ0) is 17.6. The fourth-order valence-electron chi connectivity index (χ4n) is 5.31. The smallest absolute Gasteiger partial charge is 0.200 e. The number of rotatable bonds is 2. The van der Waals surface area contributed by atoms with Crippen LogP contribution in [0.3, 0.4) is 0 Å². The fraction of sp³-hybridized carbons (Fsp3) is 0.391. The number of fused-ring (bicyclic) bond motifs is 6. The van der Waals surface area contributed by atoms with Crippen molar-refractivity contribution in [2.45, 2.75) is 50.0 Å². The van der Waals surface area contributed by atoms with Gasteiger partial charge >= 0.3 is 0 Å². The Balaban J connectivity index is 1.23. The van der Waals surface area contributed by atoms with E-state index in [0.717, 1.165) is 37.5 Å². The van der Waals surface area contributed by atoms with Crippen molar-refractivity contribution in [2.24, 2.45) is 15.4 Å². The van der Waals surface area contributed by atoms with Crippen molar-refractivity contribution in [3.05, 3.63) is 70.8 Å². The first-order chi connectivity index (χ1) is 13.3. The predicted molar refractivity (Wildman–Crippen MR) is 102 cm³/mol. The summed E-state index contributed by atoms with van der Waals surface area (Å²) in [6, 6.07) is 17.5. The summed E-state index contributed by atoms with van der Waals surface area (Å²) in [7, 11) is 0.